The molecule has 42 heavy (non-hydrogen) atoms. The van der Waals surface area contributed by atoms with E-state index in [4.69, 9.17) is 4.98 Å². The van der Waals surface area contributed by atoms with Crippen molar-refractivity contribution in [3.05, 3.63) is 65.2 Å². The number of aliphatic hydroxyl groups excluding tert-OH is 2. The summed E-state index contributed by atoms with van der Waals surface area (Å²) in [7, 11) is 0. The normalized spacial score (nSPS) is 29.9. The van der Waals surface area contributed by atoms with Gasteiger partial charge in [0.25, 0.3) is 0 Å². The largest absolute Gasteiger partial charge is 0.392 e. The monoisotopic (exact) mass is 745 g/mol. The Kier molecular flexibility index (Phi) is 10.6. The van der Waals surface area contributed by atoms with E-state index >= 15 is 0 Å². The van der Waals surface area contributed by atoms with Crippen molar-refractivity contribution < 1.29 is 30.3 Å². The molecule has 2 aromatic carbocycles. The maximum atomic E-state index is 10.9. The molecule has 3 aromatic rings. The molecule has 4 aliphatic carbocycles. The third kappa shape index (κ3) is 6.73. The zero-order chi connectivity index (χ0) is 28.5. The minimum Gasteiger partial charge on any atom is -0.392 e. The van der Waals surface area contributed by atoms with Gasteiger partial charge in [0, 0.05) is 31.4 Å². The van der Waals surface area contributed by atoms with E-state index in [0.717, 1.165) is 34.2 Å². The second-order valence-electron chi connectivity index (χ2n) is 14.0. The molecule has 229 valence electrons. The summed E-state index contributed by atoms with van der Waals surface area (Å²) in [5.41, 5.74) is 6.77. The first-order valence-electron chi connectivity index (χ1n) is 16.6. The van der Waals surface area contributed by atoms with E-state index in [0.29, 0.717) is 17.8 Å². The molecule has 0 spiro atoms. The van der Waals surface area contributed by atoms with Crippen molar-refractivity contribution in [3.8, 4) is 11.3 Å². The summed E-state index contributed by atoms with van der Waals surface area (Å²) in [5.74, 6) is 3.31. The molecule has 0 aliphatic heterocycles. The summed E-state index contributed by atoms with van der Waals surface area (Å²) in [6, 6.07) is 18.1. The number of pyridine rings is 1. The van der Waals surface area contributed by atoms with Gasteiger partial charge in [0.15, 0.2) is 0 Å². The number of fused-ring (bicyclic) bond motifs is 2. The predicted molar refractivity (Wildman–Crippen MR) is 169 cm³/mol. The van der Waals surface area contributed by atoms with Gasteiger partial charge in [-0.1, -0.05) is 102 Å². The van der Waals surface area contributed by atoms with Crippen molar-refractivity contribution in [2.75, 3.05) is 0 Å². The Morgan fingerprint density at radius 1 is 0.714 bits per heavy atom. The van der Waals surface area contributed by atoms with Crippen LogP contribution in [0.3, 0.4) is 0 Å². The second kappa shape index (κ2) is 14.0. The maximum Gasteiger partial charge on any atom is 0.0626 e. The van der Waals surface area contributed by atoms with Crippen LogP contribution in [-0.2, 0) is 20.1 Å². The molecule has 1 heterocycles. The Hall–Kier alpha value is -1.58. The maximum absolute atomic E-state index is 10.9. The van der Waals surface area contributed by atoms with Gasteiger partial charge in [-0.25, -0.2) is 0 Å². The van der Waals surface area contributed by atoms with Crippen molar-refractivity contribution in [1.82, 2.24) is 4.98 Å². The number of hydrogen-bond donors (Lipinski definition) is 2. The molecule has 7 rings (SSSR count). The molecule has 4 unspecified atom stereocenters. The third-order valence-electron chi connectivity index (χ3n) is 11.2. The molecule has 0 saturated heterocycles. The molecular weight excluding hydrogens is 695 g/mol. The van der Waals surface area contributed by atoms with E-state index in [1.165, 1.54) is 93.6 Å². The number of hydrogen-bond acceptors (Lipinski definition) is 3. The van der Waals surface area contributed by atoms with Gasteiger partial charge < -0.3 is 10.2 Å². The van der Waals surface area contributed by atoms with E-state index in [1.54, 1.807) is 0 Å². The Morgan fingerprint density at radius 2 is 1.31 bits per heavy atom. The number of aryl methyl sites for hydroxylation is 3. The molecule has 6 atom stereocenters. The number of benzene rings is 2. The van der Waals surface area contributed by atoms with Crippen LogP contribution >= 0.6 is 0 Å². The topological polar surface area (TPSA) is 53.4 Å². The van der Waals surface area contributed by atoms with E-state index in [9.17, 15) is 10.2 Å². The van der Waals surface area contributed by atoms with Gasteiger partial charge in [-0.2, -0.15) is 0 Å². The molecule has 2 N–H and O–H groups in total. The summed E-state index contributed by atoms with van der Waals surface area (Å²) >= 11 is 0. The fraction of sp³-hybridized carbons (Fsp3) is 0.605. The summed E-state index contributed by atoms with van der Waals surface area (Å²) in [6.07, 6.45) is 15.5. The molecule has 1 radical (unpaired) electrons. The minimum atomic E-state index is -0.211. The van der Waals surface area contributed by atoms with Crippen LogP contribution in [0.25, 0.3) is 22.2 Å². The Balaban J connectivity index is 0.000000166. The van der Waals surface area contributed by atoms with Crippen LogP contribution in [0.5, 0.6) is 0 Å². The number of rotatable bonds is 3. The number of aliphatic hydroxyl groups is 2. The summed E-state index contributed by atoms with van der Waals surface area (Å²) in [5, 5.41) is 23.1. The number of aromatic nitrogens is 1. The predicted octanol–water partition coefficient (Wildman–Crippen LogP) is 8.77. The van der Waals surface area contributed by atoms with Gasteiger partial charge in [-0.15, -0.1) is 34.9 Å². The number of nitrogens with zero attached hydrogens (tertiary/aromatic N) is 1. The minimum absolute atomic E-state index is 0. The molecule has 4 heteroatoms. The molecule has 4 fully saturated rings. The van der Waals surface area contributed by atoms with Crippen LogP contribution in [0.15, 0.2) is 42.5 Å². The molecule has 3 nitrogen and oxygen atoms in total. The van der Waals surface area contributed by atoms with Gasteiger partial charge in [0.05, 0.1) is 17.7 Å². The van der Waals surface area contributed by atoms with Crippen molar-refractivity contribution in [2.45, 2.75) is 110 Å². The van der Waals surface area contributed by atoms with Gasteiger partial charge in [0.2, 0.25) is 0 Å². The zero-order valence-electron chi connectivity index (χ0n) is 25.8. The first-order chi connectivity index (χ1) is 19.9. The molecular formula is C38H50IrNO2-. The van der Waals surface area contributed by atoms with Crippen molar-refractivity contribution >= 4 is 10.9 Å². The van der Waals surface area contributed by atoms with E-state index in [1.807, 2.05) is 0 Å². The van der Waals surface area contributed by atoms with Crippen LogP contribution in [-0.4, -0.2) is 27.4 Å². The fourth-order valence-electron chi connectivity index (χ4n) is 9.28. The van der Waals surface area contributed by atoms with Crippen LogP contribution < -0.4 is 0 Å². The molecule has 1 aromatic heterocycles. The first-order valence-corrected chi connectivity index (χ1v) is 16.6. The van der Waals surface area contributed by atoms with Gasteiger partial charge in [-0.05, 0) is 66.7 Å². The third-order valence-corrected chi connectivity index (χ3v) is 11.2. The molecule has 0 amide bonds. The fourth-order valence-corrected chi connectivity index (χ4v) is 9.28. The average molecular weight is 745 g/mol. The van der Waals surface area contributed by atoms with E-state index in [-0.39, 0.29) is 38.2 Å². The quantitative estimate of drug-likeness (QED) is 0.264. The smallest absolute Gasteiger partial charge is 0.0626 e. The SMILES string of the molecule is Cc1[c-]c(-c2ccc3c(C)cccc3n2)cc(C)c1.OC1C2C(C[C@@H]1C1CCCCC1)C[C@@H](C1CCCCC1)C2O.[Ir]. The summed E-state index contributed by atoms with van der Waals surface area (Å²) in [6.45, 7) is 6.30. The van der Waals surface area contributed by atoms with Crippen molar-refractivity contribution in [2.24, 2.45) is 35.5 Å². The van der Waals surface area contributed by atoms with Gasteiger partial charge in [0.1, 0.15) is 0 Å². The van der Waals surface area contributed by atoms with Gasteiger partial charge in [-0.3, -0.25) is 4.98 Å². The average Bonchev–Trinajstić information content (AvgIpc) is 3.49. The van der Waals surface area contributed by atoms with Gasteiger partial charge >= 0.3 is 0 Å². The second-order valence-corrected chi connectivity index (χ2v) is 14.0. The standard InChI is InChI=1S/C20H34O2.C18H16N.Ir/c21-19-16(13-7-3-1-4-8-13)11-15-12-17(20(22)18(15)19)14-9-5-2-6-10-14;1-12-9-13(2)11-15(10-12)17-8-7-16-14(3)5-4-6-18(16)19-17;/h13-22H,1-12H2;4-10H,1-3H3;/q;-1;/t15?,16-,17+,18?,19?,20?;;. The molecule has 0 bridgehead atoms. The Labute approximate surface area is 267 Å². The van der Waals surface area contributed by atoms with Crippen LogP contribution in [0.2, 0.25) is 0 Å². The van der Waals surface area contributed by atoms with E-state index in [2.05, 4.69) is 69.3 Å². The Morgan fingerprint density at radius 3 is 1.86 bits per heavy atom. The van der Waals surface area contributed by atoms with E-state index < -0.39 is 0 Å². The summed E-state index contributed by atoms with van der Waals surface area (Å²) < 4.78 is 0. The van der Waals surface area contributed by atoms with Crippen LogP contribution in [0.4, 0.5) is 0 Å². The van der Waals surface area contributed by atoms with Crippen molar-refractivity contribution in [3.63, 3.8) is 0 Å². The van der Waals surface area contributed by atoms with Crippen molar-refractivity contribution in [1.29, 1.82) is 0 Å². The first kappa shape index (κ1) is 31.8. The van der Waals surface area contributed by atoms with Crippen LogP contribution in [0.1, 0.15) is 93.7 Å². The molecule has 4 aliphatic rings. The molecule has 4 saturated carbocycles. The summed E-state index contributed by atoms with van der Waals surface area (Å²) in [4.78, 5) is 4.76. The zero-order valence-corrected chi connectivity index (χ0v) is 28.2. The Bertz CT molecular complexity index is 1270. The van der Waals surface area contributed by atoms with Crippen LogP contribution in [0, 0.1) is 62.3 Å².